The smallest absolute Gasteiger partial charge is 0.329 e. The molecule has 6 nitrogen and oxygen atoms in total. The summed E-state index contributed by atoms with van der Waals surface area (Å²) >= 11 is 0. The predicted molar refractivity (Wildman–Crippen MR) is 101 cm³/mol. The fourth-order valence-electron chi connectivity index (χ4n) is 2.45. The van der Waals surface area contributed by atoms with Crippen molar-refractivity contribution in [2.24, 2.45) is 5.10 Å². The molecule has 0 saturated carbocycles. The first-order chi connectivity index (χ1) is 12.7. The topological polar surface area (TPSA) is 79.8 Å². The Balaban J connectivity index is 1.64. The molecule has 0 bridgehead atoms. The van der Waals surface area contributed by atoms with E-state index in [1.54, 1.807) is 37.4 Å². The van der Waals surface area contributed by atoms with E-state index >= 15 is 0 Å². The molecule has 2 amide bonds. The number of amides is 2. The lowest BCUT2D eigenvalue weighted by molar-refractivity contribution is -0.136. The minimum atomic E-state index is -0.850. The second-order valence-corrected chi connectivity index (χ2v) is 5.46. The quantitative estimate of drug-likeness (QED) is 0.433. The predicted octanol–water partition coefficient (Wildman–Crippen LogP) is 2.94. The minimum absolute atomic E-state index is 0.569. The molecule has 3 aromatic rings. The zero-order valence-corrected chi connectivity index (χ0v) is 14.1. The van der Waals surface area contributed by atoms with Crippen molar-refractivity contribution < 1.29 is 14.3 Å². The lowest BCUT2D eigenvalue weighted by Gasteiger charge is -2.07. The van der Waals surface area contributed by atoms with Crippen LogP contribution in [0.15, 0.2) is 71.8 Å². The molecule has 0 unspecified atom stereocenters. The molecule has 0 radical (unpaired) electrons. The van der Waals surface area contributed by atoms with Gasteiger partial charge in [0.05, 0.1) is 13.3 Å². The number of fused-ring (bicyclic) bond motifs is 1. The van der Waals surface area contributed by atoms with E-state index in [9.17, 15) is 9.59 Å². The largest absolute Gasteiger partial charge is 0.497 e. The third-order valence-electron chi connectivity index (χ3n) is 3.72. The molecule has 0 atom stereocenters. The SMILES string of the molecule is COc1cccc(/C=N/NC(=O)C(=O)Nc2cccc3ccccc23)c1. The molecule has 0 heterocycles. The number of rotatable bonds is 4. The van der Waals surface area contributed by atoms with Crippen LogP contribution < -0.4 is 15.5 Å². The second-order valence-electron chi connectivity index (χ2n) is 5.46. The molecule has 0 aromatic heterocycles. The van der Waals surface area contributed by atoms with Crippen LogP contribution in [-0.4, -0.2) is 25.1 Å². The van der Waals surface area contributed by atoms with Crippen LogP contribution in [0.4, 0.5) is 5.69 Å². The average molecular weight is 347 g/mol. The highest BCUT2D eigenvalue weighted by Crippen LogP contribution is 2.22. The maximum atomic E-state index is 12.1. The van der Waals surface area contributed by atoms with Crippen LogP contribution in [0, 0.1) is 0 Å². The molecule has 0 spiro atoms. The van der Waals surface area contributed by atoms with Crippen molar-refractivity contribution in [3.63, 3.8) is 0 Å². The number of nitrogens with one attached hydrogen (secondary N) is 2. The Kier molecular flexibility index (Phi) is 5.24. The summed E-state index contributed by atoms with van der Waals surface area (Å²) in [6.45, 7) is 0. The number of hydrogen-bond acceptors (Lipinski definition) is 4. The highest BCUT2D eigenvalue weighted by molar-refractivity contribution is 6.40. The van der Waals surface area contributed by atoms with Crippen molar-refractivity contribution in [2.45, 2.75) is 0 Å². The molecule has 26 heavy (non-hydrogen) atoms. The molecule has 130 valence electrons. The molecule has 0 aliphatic carbocycles. The Morgan fingerprint density at radius 1 is 0.962 bits per heavy atom. The van der Waals surface area contributed by atoms with E-state index in [4.69, 9.17) is 4.74 Å². The van der Waals surface area contributed by atoms with Crippen molar-refractivity contribution in [1.29, 1.82) is 0 Å². The first-order valence-electron chi connectivity index (χ1n) is 7.93. The van der Waals surface area contributed by atoms with E-state index in [2.05, 4.69) is 15.8 Å². The highest BCUT2D eigenvalue weighted by Gasteiger charge is 2.14. The van der Waals surface area contributed by atoms with Gasteiger partial charge in [-0.1, -0.05) is 48.5 Å². The van der Waals surface area contributed by atoms with Crippen LogP contribution in [0.2, 0.25) is 0 Å². The highest BCUT2D eigenvalue weighted by atomic mass is 16.5. The van der Waals surface area contributed by atoms with Crippen LogP contribution in [0.1, 0.15) is 5.56 Å². The van der Waals surface area contributed by atoms with E-state index < -0.39 is 11.8 Å². The molecule has 0 fully saturated rings. The zero-order chi connectivity index (χ0) is 18.4. The van der Waals surface area contributed by atoms with E-state index in [1.807, 2.05) is 36.4 Å². The Hall–Kier alpha value is -3.67. The molecule has 0 aliphatic heterocycles. The first-order valence-corrected chi connectivity index (χ1v) is 7.93. The Morgan fingerprint density at radius 2 is 1.73 bits per heavy atom. The lowest BCUT2D eigenvalue weighted by Crippen LogP contribution is -2.32. The number of methoxy groups -OCH3 is 1. The summed E-state index contributed by atoms with van der Waals surface area (Å²) in [6.07, 6.45) is 1.44. The molecular formula is C20H17N3O3. The van der Waals surface area contributed by atoms with Gasteiger partial charge in [0.15, 0.2) is 0 Å². The van der Waals surface area contributed by atoms with Gasteiger partial charge in [0.25, 0.3) is 0 Å². The van der Waals surface area contributed by atoms with Gasteiger partial charge in [0.1, 0.15) is 5.75 Å². The summed E-state index contributed by atoms with van der Waals surface area (Å²) in [6, 6.07) is 20.2. The maximum absolute atomic E-state index is 12.1. The molecule has 3 rings (SSSR count). The second kappa shape index (κ2) is 7.94. The summed E-state index contributed by atoms with van der Waals surface area (Å²) < 4.78 is 5.11. The van der Waals surface area contributed by atoms with Gasteiger partial charge in [-0.25, -0.2) is 5.43 Å². The van der Waals surface area contributed by atoms with Gasteiger partial charge in [-0.05, 0) is 29.1 Å². The van der Waals surface area contributed by atoms with E-state index in [1.165, 1.54) is 6.21 Å². The van der Waals surface area contributed by atoms with Gasteiger partial charge < -0.3 is 10.1 Å². The summed E-state index contributed by atoms with van der Waals surface area (Å²) in [5.74, 6) is -0.963. The molecule has 6 heteroatoms. The van der Waals surface area contributed by atoms with E-state index in [0.29, 0.717) is 11.4 Å². The Labute approximate surface area is 150 Å². The van der Waals surface area contributed by atoms with Gasteiger partial charge in [-0.15, -0.1) is 0 Å². The molecule has 3 aromatic carbocycles. The summed E-state index contributed by atoms with van der Waals surface area (Å²) in [7, 11) is 1.57. The maximum Gasteiger partial charge on any atom is 0.329 e. The molecular weight excluding hydrogens is 330 g/mol. The van der Waals surface area contributed by atoms with Crippen molar-refractivity contribution in [2.75, 3.05) is 12.4 Å². The van der Waals surface area contributed by atoms with Crippen molar-refractivity contribution in [3.05, 3.63) is 72.3 Å². The average Bonchev–Trinajstić information content (AvgIpc) is 2.68. The molecule has 0 aliphatic rings. The number of carbonyl (C=O) groups excluding carboxylic acids is 2. The lowest BCUT2D eigenvalue weighted by atomic mass is 10.1. The van der Waals surface area contributed by atoms with Crippen molar-refractivity contribution >= 4 is 34.5 Å². The monoisotopic (exact) mass is 347 g/mol. The number of ether oxygens (including phenoxy) is 1. The zero-order valence-electron chi connectivity index (χ0n) is 14.1. The number of benzene rings is 3. The number of nitrogens with zero attached hydrogens (tertiary/aromatic N) is 1. The number of carbonyl (C=O) groups is 2. The third kappa shape index (κ3) is 4.05. The molecule has 2 N–H and O–H groups in total. The fraction of sp³-hybridized carbons (Fsp3) is 0.0500. The Bertz CT molecular complexity index is 977. The van der Waals surface area contributed by atoms with Gasteiger partial charge in [0.2, 0.25) is 0 Å². The third-order valence-corrected chi connectivity index (χ3v) is 3.72. The van der Waals surface area contributed by atoms with Crippen LogP contribution >= 0.6 is 0 Å². The normalized spacial score (nSPS) is 10.7. The van der Waals surface area contributed by atoms with Gasteiger partial charge >= 0.3 is 11.8 Å². The van der Waals surface area contributed by atoms with Gasteiger partial charge in [-0.2, -0.15) is 5.10 Å². The number of anilines is 1. The van der Waals surface area contributed by atoms with E-state index in [0.717, 1.165) is 16.3 Å². The van der Waals surface area contributed by atoms with Crippen molar-refractivity contribution in [3.8, 4) is 5.75 Å². The summed E-state index contributed by atoms with van der Waals surface area (Å²) in [5, 5.41) is 8.24. The van der Waals surface area contributed by atoms with Gasteiger partial charge in [0, 0.05) is 11.1 Å². The van der Waals surface area contributed by atoms with Crippen LogP contribution in [-0.2, 0) is 9.59 Å². The number of hydrazone groups is 1. The molecule has 0 saturated heterocycles. The summed E-state index contributed by atoms with van der Waals surface area (Å²) in [4.78, 5) is 24.0. The van der Waals surface area contributed by atoms with Crippen LogP contribution in [0.25, 0.3) is 10.8 Å². The van der Waals surface area contributed by atoms with Gasteiger partial charge in [-0.3, -0.25) is 9.59 Å². The van der Waals surface area contributed by atoms with Crippen molar-refractivity contribution in [1.82, 2.24) is 5.43 Å². The summed E-state index contributed by atoms with van der Waals surface area (Å²) in [5.41, 5.74) is 3.52. The number of hydrogen-bond donors (Lipinski definition) is 2. The minimum Gasteiger partial charge on any atom is -0.497 e. The fourth-order valence-corrected chi connectivity index (χ4v) is 2.45. The first kappa shape index (κ1) is 17.2. The van der Waals surface area contributed by atoms with Crippen LogP contribution in [0.3, 0.4) is 0 Å². The van der Waals surface area contributed by atoms with E-state index in [-0.39, 0.29) is 0 Å². The van der Waals surface area contributed by atoms with Crippen LogP contribution in [0.5, 0.6) is 5.75 Å². The standard InChI is InChI=1S/C20H17N3O3/c1-26-16-9-4-6-14(12-16)13-21-23-20(25)19(24)22-18-11-5-8-15-7-2-3-10-17(15)18/h2-13H,1H3,(H,22,24)(H,23,25)/b21-13+. The Morgan fingerprint density at radius 3 is 2.58 bits per heavy atom.